The van der Waals surface area contributed by atoms with Crippen LogP contribution in [0.4, 0.5) is 5.95 Å². The third-order valence-corrected chi connectivity index (χ3v) is 6.22. The minimum atomic E-state index is -0.411. The normalized spacial score (nSPS) is 27.9. The molecule has 0 aromatic carbocycles. The monoisotopic (exact) mass is 383 g/mol. The summed E-state index contributed by atoms with van der Waals surface area (Å²) in [5.41, 5.74) is 0.672. The van der Waals surface area contributed by atoms with E-state index in [0.717, 1.165) is 44.4 Å². The van der Waals surface area contributed by atoms with Crippen molar-refractivity contribution < 1.29 is 9.53 Å². The third-order valence-electron chi connectivity index (χ3n) is 6.22. The van der Waals surface area contributed by atoms with Gasteiger partial charge in [0.25, 0.3) is 0 Å². The number of hydrogen-bond acceptors (Lipinski definition) is 7. The molecule has 148 valence electrons. The van der Waals surface area contributed by atoms with E-state index in [0.29, 0.717) is 26.3 Å². The van der Waals surface area contributed by atoms with Crippen LogP contribution >= 0.6 is 0 Å². The standard InChI is InChI=1S/C19H25N7O2/c27-17(25-4-6-26(7-5-25)18-21-2-1-3-22-18)19-12-24(9-15(19)11-28-13-19)10-16-8-20-14-23-16/h1-3,8,14-15H,4-7,9-13H2,(H,20,23)/t15-,19-/m1/s1. The van der Waals surface area contributed by atoms with Crippen molar-refractivity contribution in [1.29, 1.82) is 0 Å². The molecule has 2 atom stereocenters. The van der Waals surface area contributed by atoms with Gasteiger partial charge >= 0.3 is 0 Å². The summed E-state index contributed by atoms with van der Waals surface area (Å²) in [6.45, 7) is 6.55. The van der Waals surface area contributed by atoms with E-state index in [-0.39, 0.29) is 11.8 Å². The molecule has 0 spiro atoms. The SMILES string of the molecule is O=C(N1CCN(c2ncccn2)CC1)[C@]12COC[C@H]1CN(Cc1cnc[nH]1)C2. The molecule has 0 aliphatic carbocycles. The van der Waals surface area contributed by atoms with Gasteiger partial charge in [-0.25, -0.2) is 15.0 Å². The molecule has 28 heavy (non-hydrogen) atoms. The quantitative estimate of drug-likeness (QED) is 0.795. The summed E-state index contributed by atoms with van der Waals surface area (Å²) in [6.07, 6.45) is 7.06. The first kappa shape index (κ1) is 17.6. The molecule has 3 aliphatic rings. The fourth-order valence-electron chi connectivity index (χ4n) is 4.75. The number of piperazine rings is 1. The van der Waals surface area contributed by atoms with Crippen molar-refractivity contribution in [3.63, 3.8) is 0 Å². The number of imidazole rings is 1. The van der Waals surface area contributed by atoms with Gasteiger partial charge in [0, 0.05) is 76.0 Å². The summed E-state index contributed by atoms with van der Waals surface area (Å²) >= 11 is 0. The summed E-state index contributed by atoms with van der Waals surface area (Å²) in [5.74, 6) is 1.25. The number of likely N-dealkylation sites (tertiary alicyclic amines) is 1. The zero-order valence-electron chi connectivity index (χ0n) is 15.8. The van der Waals surface area contributed by atoms with Crippen LogP contribution < -0.4 is 4.90 Å². The number of H-pyrrole nitrogens is 1. The topological polar surface area (TPSA) is 90.5 Å². The maximum absolute atomic E-state index is 13.5. The number of fused-ring (bicyclic) bond motifs is 1. The van der Waals surface area contributed by atoms with Gasteiger partial charge in [-0.2, -0.15) is 0 Å². The first-order chi connectivity index (χ1) is 13.7. The van der Waals surface area contributed by atoms with Crippen LogP contribution in [-0.2, 0) is 16.1 Å². The van der Waals surface area contributed by atoms with Gasteiger partial charge < -0.3 is 19.5 Å². The van der Waals surface area contributed by atoms with Crippen LogP contribution in [0.3, 0.4) is 0 Å². The Bertz CT molecular complexity index is 807. The van der Waals surface area contributed by atoms with Crippen molar-refractivity contribution >= 4 is 11.9 Å². The van der Waals surface area contributed by atoms with Crippen molar-refractivity contribution in [2.24, 2.45) is 11.3 Å². The Morgan fingerprint density at radius 1 is 1.25 bits per heavy atom. The van der Waals surface area contributed by atoms with Gasteiger partial charge in [0.1, 0.15) is 0 Å². The lowest BCUT2D eigenvalue weighted by Gasteiger charge is -2.39. The number of anilines is 1. The molecule has 3 fully saturated rings. The molecular weight excluding hydrogens is 358 g/mol. The lowest BCUT2D eigenvalue weighted by Crippen LogP contribution is -2.55. The third kappa shape index (κ3) is 3.04. The van der Waals surface area contributed by atoms with Gasteiger partial charge in [-0.05, 0) is 6.07 Å². The molecule has 9 nitrogen and oxygen atoms in total. The molecule has 5 rings (SSSR count). The number of ether oxygens (including phenoxy) is 1. The number of hydrogen-bond donors (Lipinski definition) is 1. The summed E-state index contributed by atoms with van der Waals surface area (Å²) in [6, 6.07) is 1.82. The highest BCUT2D eigenvalue weighted by atomic mass is 16.5. The molecule has 0 bridgehead atoms. The number of nitrogens with zero attached hydrogens (tertiary/aromatic N) is 6. The molecule has 5 heterocycles. The van der Waals surface area contributed by atoms with E-state index in [9.17, 15) is 4.79 Å². The Hall–Kier alpha value is -2.52. The predicted molar refractivity (Wildman–Crippen MR) is 101 cm³/mol. The van der Waals surface area contributed by atoms with Crippen molar-refractivity contribution in [3.05, 3.63) is 36.7 Å². The van der Waals surface area contributed by atoms with Crippen LogP contribution in [-0.4, -0.2) is 88.1 Å². The lowest BCUT2D eigenvalue weighted by atomic mass is 9.79. The molecule has 0 unspecified atom stereocenters. The molecule has 0 radical (unpaired) electrons. The van der Waals surface area contributed by atoms with Crippen LogP contribution in [0.15, 0.2) is 31.0 Å². The average molecular weight is 383 g/mol. The van der Waals surface area contributed by atoms with Gasteiger partial charge in [-0.1, -0.05) is 0 Å². The Morgan fingerprint density at radius 2 is 2.07 bits per heavy atom. The Morgan fingerprint density at radius 3 is 2.82 bits per heavy atom. The van der Waals surface area contributed by atoms with E-state index in [1.165, 1.54) is 0 Å². The largest absolute Gasteiger partial charge is 0.380 e. The zero-order chi connectivity index (χ0) is 19.0. The van der Waals surface area contributed by atoms with Crippen molar-refractivity contribution in [2.45, 2.75) is 6.54 Å². The number of carbonyl (C=O) groups excluding carboxylic acids is 1. The first-order valence-electron chi connectivity index (χ1n) is 9.83. The van der Waals surface area contributed by atoms with Crippen LogP contribution in [0, 0.1) is 11.3 Å². The zero-order valence-corrected chi connectivity index (χ0v) is 15.8. The Balaban J connectivity index is 1.25. The summed E-state index contributed by atoms with van der Waals surface area (Å²) in [4.78, 5) is 36.0. The number of aromatic amines is 1. The number of aromatic nitrogens is 4. The second-order valence-electron chi connectivity index (χ2n) is 7.94. The van der Waals surface area contributed by atoms with Gasteiger partial charge in [0.15, 0.2) is 0 Å². The maximum atomic E-state index is 13.5. The molecule has 1 N–H and O–H groups in total. The minimum Gasteiger partial charge on any atom is -0.380 e. The molecular formula is C19H25N7O2. The number of amides is 1. The van der Waals surface area contributed by atoms with Crippen LogP contribution in [0.5, 0.6) is 0 Å². The molecule has 0 saturated carbocycles. The summed E-state index contributed by atoms with van der Waals surface area (Å²) in [5, 5.41) is 0. The molecule has 3 aliphatic heterocycles. The van der Waals surface area contributed by atoms with Gasteiger partial charge in [0.05, 0.1) is 25.0 Å². The highest BCUT2D eigenvalue weighted by Crippen LogP contribution is 2.43. The predicted octanol–water partition coefficient (Wildman–Crippen LogP) is -0.00310. The number of rotatable bonds is 4. The fraction of sp³-hybridized carbons (Fsp3) is 0.579. The van der Waals surface area contributed by atoms with Crippen LogP contribution in [0.2, 0.25) is 0 Å². The van der Waals surface area contributed by atoms with Crippen LogP contribution in [0.1, 0.15) is 5.69 Å². The van der Waals surface area contributed by atoms with E-state index in [2.05, 4.69) is 29.7 Å². The van der Waals surface area contributed by atoms with Gasteiger partial charge in [-0.3, -0.25) is 9.69 Å². The van der Waals surface area contributed by atoms with E-state index in [1.54, 1.807) is 18.7 Å². The van der Waals surface area contributed by atoms with Crippen molar-refractivity contribution in [1.82, 2.24) is 29.7 Å². The van der Waals surface area contributed by atoms with E-state index in [4.69, 9.17) is 4.74 Å². The van der Waals surface area contributed by atoms with Gasteiger partial charge in [0.2, 0.25) is 11.9 Å². The minimum absolute atomic E-state index is 0.246. The highest BCUT2D eigenvalue weighted by Gasteiger charge is 2.57. The molecule has 1 amide bonds. The Labute approximate surface area is 163 Å². The second kappa shape index (κ2) is 7.14. The van der Waals surface area contributed by atoms with E-state index >= 15 is 0 Å². The van der Waals surface area contributed by atoms with Crippen molar-refractivity contribution in [3.8, 4) is 0 Å². The first-order valence-corrected chi connectivity index (χ1v) is 9.83. The van der Waals surface area contributed by atoms with Gasteiger partial charge in [-0.15, -0.1) is 0 Å². The fourth-order valence-corrected chi connectivity index (χ4v) is 4.75. The maximum Gasteiger partial charge on any atom is 0.232 e. The second-order valence-corrected chi connectivity index (χ2v) is 7.94. The van der Waals surface area contributed by atoms with Crippen LogP contribution in [0.25, 0.3) is 0 Å². The Kier molecular flexibility index (Phi) is 4.48. The van der Waals surface area contributed by atoms with E-state index in [1.807, 2.05) is 17.2 Å². The average Bonchev–Trinajstić information content (AvgIpc) is 3.45. The molecule has 9 heteroatoms. The highest BCUT2D eigenvalue weighted by molar-refractivity contribution is 5.84. The number of nitrogens with one attached hydrogen (secondary N) is 1. The molecule has 2 aromatic rings. The summed E-state index contributed by atoms with van der Waals surface area (Å²) < 4.78 is 5.78. The number of carbonyl (C=O) groups is 1. The molecule has 3 saturated heterocycles. The smallest absolute Gasteiger partial charge is 0.232 e. The lowest BCUT2D eigenvalue weighted by molar-refractivity contribution is -0.143. The van der Waals surface area contributed by atoms with Crippen molar-refractivity contribution in [2.75, 3.05) is 57.4 Å². The van der Waals surface area contributed by atoms with E-state index < -0.39 is 5.41 Å². The summed E-state index contributed by atoms with van der Waals surface area (Å²) in [7, 11) is 0. The molecule has 2 aromatic heterocycles.